The number of anilines is 1. The first-order valence-electron chi connectivity index (χ1n) is 7.49. The van der Waals surface area contributed by atoms with Crippen LogP contribution in [0, 0.1) is 5.92 Å². The summed E-state index contributed by atoms with van der Waals surface area (Å²) in [4.78, 5) is 25.2. The average molecular weight is 305 g/mol. The van der Waals surface area contributed by atoms with Crippen molar-refractivity contribution in [2.24, 2.45) is 5.92 Å². The number of ketones is 2. The van der Waals surface area contributed by atoms with Crippen molar-refractivity contribution in [3.05, 3.63) is 65.2 Å². The summed E-state index contributed by atoms with van der Waals surface area (Å²) in [7, 11) is 1.62. The first-order chi connectivity index (χ1) is 11.2. The monoisotopic (exact) mass is 305 g/mol. The standard InChI is InChI=1S/C19H15NO3/c1-23-12-7-9-15-11(10-12)6-8-16(20-15)17-18(21)13-4-2-3-5-14(13)19(17)22/h2-10,16-17,20H,1H3. The van der Waals surface area contributed by atoms with Crippen LogP contribution in [0.15, 0.2) is 48.5 Å². The third-order valence-corrected chi connectivity index (χ3v) is 4.45. The molecular weight excluding hydrogens is 290 g/mol. The third-order valence-electron chi connectivity index (χ3n) is 4.45. The van der Waals surface area contributed by atoms with Crippen LogP contribution in [-0.2, 0) is 0 Å². The maximum absolute atomic E-state index is 12.6. The summed E-state index contributed by atoms with van der Waals surface area (Å²) in [6, 6.07) is 12.4. The predicted octanol–water partition coefficient (Wildman–Crippen LogP) is 3.20. The largest absolute Gasteiger partial charge is 0.497 e. The summed E-state index contributed by atoms with van der Waals surface area (Å²) in [6.45, 7) is 0. The van der Waals surface area contributed by atoms with Crippen LogP contribution in [0.25, 0.3) is 6.08 Å². The minimum absolute atomic E-state index is 0.107. The van der Waals surface area contributed by atoms with Crippen LogP contribution in [0.1, 0.15) is 26.3 Å². The van der Waals surface area contributed by atoms with Crippen molar-refractivity contribution in [2.75, 3.05) is 12.4 Å². The van der Waals surface area contributed by atoms with Crippen molar-refractivity contribution < 1.29 is 14.3 Å². The Balaban J connectivity index is 1.67. The maximum Gasteiger partial charge on any atom is 0.176 e. The normalized spacial score (nSPS) is 19.3. The molecule has 0 fully saturated rings. The van der Waals surface area contributed by atoms with Gasteiger partial charge in [-0.05, 0) is 18.2 Å². The van der Waals surface area contributed by atoms with Crippen molar-refractivity contribution in [2.45, 2.75) is 6.04 Å². The van der Waals surface area contributed by atoms with Gasteiger partial charge in [-0.1, -0.05) is 36.4 Å². The second-order valence-corrected chi connectivity index (χ2v) is 5.73. The highest BCUT2D eigenvalue weighted by Gasteiger charge is 2.43. The summed E-state index contributed by atoms with van der Waals surface area (Å²) in [5, 5.41) is 3.30. The second kappa shape index (κ2) is 5.09. The van der Waals surface area contributed by atoms with E-state index in [4.69, 9.17) is 4.74 Å². The van der Waals surface area contributed by atoms with Gasteiger partial charge in [0.05, 0.1) is 13.2 Å². The lowest BCUT2D eigenvalue weighted by Crippen LogP contribution is -2.36. The van der Waals surface area contributed by atoms with Gasteiger partial charge in [-0.2, -0.15) is 0 Å². The first-order valence-corrected chi connectivity index (χ1v) is 7.49. The van der Waals surface area contributed by atoms with Gasteiger partial charge >= 0.3 is 0 Å². The summed E-state index contributed by atoms with van der Waals surface area (Å²) in [6.07, 6.45) is 3.82. The highest BCUT2D eigenvalue weighted by molar-refractivity contribution is 6.27. The van der Waals surface area contributed by atoms with Crippen LogP contribution >= 0.6 is 0 Å². The molecule has 1 heterocycles. The SMILES string of the molecule is COc1ccc2c(c1)C=CC(C1C(=O)c3ccccc3C1=O)N2. The van der Waals surface area contributed by atoms with Crippen molar-refractivity contribution >= 4 is 23.3 Å². The number of ether oxygens (including phenoxy) is 1. The molecule has 4 heteroatoms. The molecule has 0 aromatic heterocycles. The van der Waals surface area contributed by atoms with E-state index in [1.807, 2.05) is 30.4 Å². The molecule has 1 aliphatic carbocycles. The molecule has 0 amide bonds. The number of nitrogens with one attached hydrogen (secondary N) is 1. The molecule has 2 aliphatic rings. The Morgan fingerprint density at radius 1 is 1.00 bits per heavy atom. The van der Waals surface area contributed by atoms with E-state index in [1.54, 1.807) is 31.4 Å². The van der Waals surface area contributed by atoms with Gasteiger partial charge in [0, 0.05) is 22.4 Å². The Morgan fingerprint density at radius 3 is 2.35 bits per heavy atom. The number of hydrogen-bond acceptors (Lipinski definition) is 4. The molecule has 1 N–H and O–H groups in total. The Hall–Kier alpha value is -2.88. The number of rotatable bonds is 2. The van der Waals surface area contributed by atoms with Gasteiger partial charge in [0.15, 0.2) is 11.6 Å². The van der Waals surface area contributed by atoms with Crippen molar-refractivity contribution in [3.8, 4) is 5.75 Å². The molecule has 0 radical (unpaired) electrons. The number of fused-ring (bicyclic) bond motifs is 2. The number of carbonyl (C=O) groups excluding carboxylic acids is 2. The van der Waals surface area contributed by atoms with Gasteiger partial charge in [-0.25, -0.2) is 0 Å². The zero-order valence-electron chi connectivity index (χ0n) is 12.6. The van der Waals surface area contributed by atoms with Gasteiger partial charge in [-0.15, -0.1) is 0 Å². The van der Waals surface area contributed by atoms with Crippen LogP contribution in [0.3, 0.4) is 0 Å². The van der Waals surface area contributed by atoms with Crippen LogP contribution < -0.4 is 10.1 Å². The van der Waals surface area contributed by atoms with Gasteiger partial charge < -0.3 is 10.1 Å². The van der Waals surface area contributed by atoms with E-state index in [-0.39, 0.29) is 17.6 Å². The molecule has 1 aliphatic heterocycles. The molecule has 1 atom stereocenters. The molecule has 0 bridgehead atoms. The minimum Gasteiger partial charge on any atom is -0.497 e. The fourth-order valence-corrected chi connectivity index (χ4v) is 3.26. The first kappa shape index (κ1) is 13.8. The lowest BCUT2D eigenvalue weighted by Gasteiger charge is -2.25. The summed E-state index contributed by atoms with van der Waals surface area (Å²) >= 11 is 0. The zero-order chi connectivity index (χ0) is 16.0. The molecule has 0 spiro atoms. The van der Waals surface area contributed by atoms with E-state index in [0.29, 0.717) is 11.1 Å². The highest BCUT2D eigenvalue weighted by Crippen LogP contribution is 2.34. The molecule has 0 saturated carbocycles. The molecule has 4 nitrogen and oxygen atoms in total. The average Bonchev–Trinajstić information content (AvgIpc) is 2.85. The molecule has 0 saturated heterocycles. The van der Waals surface area contributed by atoms with Crippen LogP contribution in [0.4, 0.5) is 5.69 Å². The topological polar surface area (TPSA) is 55.4 Å². The van der Waals surface area contributed by atoms with Crippen molar-refractivity contribution in [1.29, 1.82) is 0 Å². The van der Waals surface area contributed by atoms with E-state index in [9.17, 15) is 9.59 Å². The zero-order valence-corrected chi connectivity index (χ0v) is 12.6. The quantitative estimate of drug-likeness (QED) is 0.866. The second-order valence-electron chi connectivity index (χ2n) is 5.73. The van der Waals surface area contributed by atoms with Crippen LogP contribution in [0.2, 0.25) is 0 Å². The van der Waals surface area contributed by atoms with Gasteiger partial charge in [0.2, 0.25) is 0 Å². The number of benzene rings is 2. The Labute approximate surface area is 133 Å². The summed E-state index contributed by atoms with van der Waals surface area (Å²) < 4.78 is 5.21. The Kier molecular flexibility index (Phi) is 3.05. The van der Waals surface area contributed by atoms with Crippen LogP contribution in [0.5, 0.6) is 5.75 Å². The molecule has 1 unspecified atom stereocenters. The minimum atomic E-state index is -0.695. The predicted molar refractivity (Wildman–Crippen MR) is 88.0 cm³/mol. The number of methoxy groups -OCH3 is 1. The highest BCUT2D eigenvalue weighted by atomic mass is 16.5. The lowest BCUT2D eigenvalue weighted by atomic mass is 9.91. The van der Waals surface area contributed by atoms with Gasteiger partial charge in [-0.3, -0.25) is 9.59 Å². The fraction of sp³-hybridized carbons (Fsp3) is 0.158. The van der Waals surface area contributed by atoms with E-state index >= 15 is 0 Å². The Morgan fingerprint density at radius 2 is 1.70 bits per heavy atom. The van der Waals surface area contributed by atoms with Crippen molar-refractivity contribution in [1.82, 2.24) is 0 Å². The number of carbonyl (C=O) groups is 2. The molecular formula is C19H15NO3. The third kappa shape index (κ3) is 2.06. The molecule has 4 rings (SSSR count). The molecule has 2 aromatic carbocycles. The van der Waals surface area contributed by atoms with E-state index in [0.717, 1.165) is 17.0 Å². The van der Waals surface area contributed by atoms with Gasteiger partial charge in [0.25, 0.3) is 0 Å². The number of Topliss-reactive ketones (excluding diaryl/α,β-unsaturated/α-hetero) is 2. The van der Waals surface area contributed by atoms with Crippen molar-refractivity contribution in [3.63, 3.8) is 0 Å². The summed E-state index contributed by atoms with van der Waals surface area (Å²) in [5.41, 5.74) is 2.93. The smallest absolute Gasteiger partial charge is 0.176 e. The molecule has 23 heavy (non-hydrogen) atoms. The lowest BCUT2D eigenvalue weighted by molar-refractivity contribution is 0.0833. The molecule has 114 valence electrons. The fourth-order valence-electron chi connectivity index (χ4n) is 3.26. The van der Waals surface area contributed by atoms with Crippen LogP contribution in [-0.4, -0.2) is 24.7 Å². The number of hydrogen-bond donors (Lipinski definition) is 1. The van der Waals surface area contributed by atoms with E-state index < -0.39 is 5.92 Å². The summed E-state index contributed by atoms with van der Waals surface area (Å²) in [5.74, 6) is -0.137. The van der Waals surface area contributed by atoms with E-state index in [1.165, 1.54) is 0 Å². The maximum atomic E-state index is 12.6. The van der Waals surface area contributed by atoms with E-state index in [2.05, 4.69) is 5.32 Å². The van der Waals surface area contributed by atoms with Gasteiger partial charge in [0.1, 0.15) is 11.7 Å². The molecule has 2 aromatic rings. The Bertz CT molecular complexity index is 818.